The third-order valence-corrected chi connectivity index (χ3v) is 5.89. The summed E-state index contributed by atoms with van der Waals surface area (Å²) in [5.74, 6) is 0.391. The van der Waals surface area contributed by atoms with E-state index in [9.17, 15) is 9.59 Å². The molecule has 1 saturated carbocycles. The molecular weight excluding hydrogens is 386 g/mol. The van der Waals surface area contributed by atoms with Crippen LogP contribution in [0.2, 0.25) is 0 Å². The molecule has 30 heavy (non-hydrogen) atoms. The number of carbonyl (C=O) groups is 2. The number of aromatic nitrogens is 4. The Morgan fingerprint density at radius 1 is 1.03 bits per heavy atom. The molecule has 3 atom stereocenters. The van der Waals surface area contributed by atoms with E-state index in [2.05, 4.69) is 10.2 Å². The minimum atomic E-state index is -1.14. The fraction of sp³-hybridized carbons (Fsp3) is 0.333. The smallest absolute Gasteiger partial charge is 0.356 e. The SMILES string of the molecule is O=C(O)c1ccn(C(=O)N2CC3C[C@H](Oc4ccccc4-n4cccn4)C[C@H]3C2)n1. The lowest BCUT2D eigenvalue weighted by atomic mass is 10.0. The highest BCUT2D eigenvalue weighted by atomic mass is 16.5. The molecule has 1 saturated heterocycles. The van der Waals surface area contributed by atoms with E-state index in [4.69, 9.17) is 9.84 Å². The molecule has 1 aliphatic heterocycles. The van der Waals surface area contributed by atoms with Gasteiger partial charge in [-0.25, -0.2) is 14.3 Å². The average molecular weight is 407 g/mol. The van der Waals surface area contributed by atoms with E-state index in [1.165, 1.54) is 12.3 Å². The van der Waals surface area contributed by atoms with Crippen LogP contribution in [0.25, 0.3) is 5.69 Å². The second-order valence-corrected chi connectivity index (χ2v) is 7.79. The summed E-state index contributed by atoms with van der Waals surface area (Å²) >= 11 is 0. The highest BCUT2D eigenvalue weighted by Crippen LogP contribution is 2.40. The van der Waals surface area contributed by atoms with Crippen molar-refractivity contribution in [2.75, 3.05) is 13.1 Å². The number of para-hydroxylation sites is 2. The molecule has 9 nitrogen and oxygen atoms in total. The number of carboxylic acid groups (broad SMARTS) is 1. The van der Waals surface area contributed by atoms with Crippen molar-refractivity contribution in [3.63, 3.8) is 0 Å². The lowest BCUT2D eigenvalue weighted by Gasteiger charge is -2.20. The van der Waals surface area contributed by atoms with E-state index in [1.54, 1.807) is 15.8 Å². The van der Waals surface area contributed by atoms with E-state index in [1.807, 2.05) is 36.5 Å². The summed E-state index contributed by atoms with van der Waals surface area (Å²) in [7, 11) is 0. The van der Waals surface area contributed by atoms with Crippen LogP contribution in [0.1, 0.15) is 23.3 Å². The number of ether oxygens (including phenoxy) is 1. The monoisotopic (exact) mass is 407 g/mol. The number of carbonyl (C=O) groups excluding carboxylic acids is 1. The first kappa shape index (κ1) is 18.4. The van der Waals surface area contributed by atoms with Gasteiger partial charge in [0.15, 0.2) is 5.69 Å². The van der Waals surface area contributed by atoms with Crippen LogP contribution in [0.5, 0.6) is 5.75 Å². The van der Waals surface area contributed by atoms with Gasteiger partial charge in [0.25, 0.3) is 0 Å². The molecule has 0 bridgehead atoms. The van der Waals surface area contributed by atoms with E-state index in [-0.39, 0.29) is 17.8 Å². The normalized spacial score (nSPS) is 22.8. The maximum atomic E-state index is 12.7. The van der Waals surface area contributed by atoms with Gasteiger partial charge in [0.2, 0.25) is 0 Å². The predicted octanol–water partition coefficient (Wildman–Crippen LogP) is 2.52. The number of likely N-dealkylation sites (tertiary alicyclic amines) is 1. The number of carboxylic acids is 1. The van der Waals surface area contributed by atoms with Gasteiger partial charge in [0, 0.05) is 31.7 Å². The van der Waals surface area contributed by atoms with Crippen molar-refractivity contribution < 1.29 is 19.4 Å². The molecule has 3 heterocycles. The molecule has 154 valence electrons. The van der Waals surface area contributed by atoms with E-state index in [0.717, 1.165) is 29.0 Å². The Labute approximate surface area is 172 Å². The van der Waals surface area contributed by atoms with Gasteiger partial charge < -0.3 is 14.7 Å². The number of fused-ring (bicyclic) bond motifs is 1. The Hall–Kier alpha value is -3.62. The molecule has 5 rings (SSSR count). The van der Waals surface area contributed by atoms with Crippen molar-refractivity contribution in [2.24, 2.45) is 11.8 Å². The molecule has 1 aliphatic carbocycles. The Morgan fingerprint density at radius 2 is 1.80 bits per heavy atom. The van der Waals surface area contributed by atoms with Gasteiger partial charge in [-0.2, -0.15) is 14.9 Å². The van der Waals surface area contributed by atoms with Crippen molar-refractivity contribution in [2.45, 2.75) is 18.9 Å². The number of hydrogen-bond acceptors (Lipinski definition) is 5. The number of amides is 1. The minimum Gasteiger partial charge on any atom is -0.488 e. The molecule has 1 unspecified atom stereocenters. The molecule has 1 aromatic carbocycles. The number of aromatic carboxylic acids is 1. The van der Waals surface area contributed by atoms with E-state index >= 15 is 0 Å². The van der Waals surface area contributed by atoms with Crippen molar-refractivity contribution in [1.29, 1.82) is 0 Å². The molecule has 9 heteroatoms. The van der Waals surface area contributed by atoms with Gasteiger partial charge in [0.05, 0.1) is 6.10 Å². The lowest BCUT2D eigenvalue weighted by molar-refractivity contribution is 0.0690. The highest BCUT2D eigenvalue weighted by molar-refractivity contribution is 5.86. The van der Waals surface area contributed by atoms with Crippen molar-refractivity contribution in [1.82, 2.24) is 24.5 Å². The van der Waals surface area contributed by atoms with E-state index in [0.29, 0.717) is 24.9 Å². The second-order valence-electron chi connectivity index (χ2n) is 7.79. The molecule has 2 aromatic heterocycles. The minimum absolute atomic E-state index is 0.0947. The van der Waals surface area contributed by atoms with Crippen LogP contribution in [0.15, 0.2) is 55.0 Å². The summed E-state index contributed by atoms with van der Waals surface area (Å²) in [4.78, 5) is 25.4. The number of rotatable bonds is 4. The molecule has 1 amide bonds. The summed E-state index contributed by atoms with van der Waals surface area (Å²) in [6.07, 6.45) is 6.87. The summed E-state index contributed by atoms with van der Waals surface area (Å²) in [6, 6.07) is 10.8. The summed E-state index contributed by atoms with van der Waals surface area (Å²) in [5, 5.41) is 17.1. The molecule has 1 N–H and O–H groups in total. The molecule has 0 spiro atoms. The molecular formula is C21H21N5O4. The van der Waals surface area contributed by atoms with Crippen LogP contribution in [-0.2, 0) is 0 Å². The predicted molar refractivity (Wildman–Crippen MR) is 106 cm³/mol. The first-order valence-corrected chi connectivity index (χ1v) is 9.92. The summed E-state index contributed by atoms with van der Waals surface area (Å²) in [5.41, 5.74) is 0.774. The van der Waals surface area contributed by atoms with Crippen LogP contribution < -0.4 is 4.74 Å². The third-order valence-electron chi connectivity index (χ3n) is 5.89. The zero-order valence-corrected chi connectivity index (χ0v) is 16.2. The van der Waals surface area contributed by atoms with Crippen molar-refractivity contribution in [3.05, 3.63) is 60.7 Å². The number of benzene rings is 1. The van der Waals surface area contributed by atoms with Gasteiger partial charge >= 0.3 is 12.0 Å². The maximum Gasteiger partial charge on any atom is 0.356 e. The largest absolute Gasteiger partial charge is 0.488 e. The van der Waals surface area contributed by atoms with Gasteiger partial charge in [-0.1, -0.05) is 12.1 Å². The summed E-state index contributed by atoms with van der Waals surface area (Å²) < 4.78 is 9.23. The highest BCUT2D eigenvalue weighted by Gasteiger charge is 2.43. The zero-order valence-electron chi connectivity index (χ0n) is 16.2. The van der Waals surface area contributed by atoms with E-state index < -0.39 is 5.97 Å². The van der Waals surface area contributed by atoms with Crippen LogP contribution in [-0.4, -0.2) is 60.8 Å². The van der Waals surface area contributed by atoms with Crippen LogP contribution >= 0.6 is 0 Å². The summed E-state index contributed by atoms with van der Waals surface area (Å²) in [6.45, 7) is 1.26. The van der Waals surface area contributed by atoms with Gasteiger partial charge in [-0.05, 0) is 48.9 Å². The second kappa shape index (κ2) is 7.33. The Bertz CT molecular complexity index is 1060. The van der Waals surface area contributed by atoms with Crippen LogP contribution in [0.3, 0.4) is 0 Å². The van der Waals surface area contributed by atoms with Crippen LogP contribution in [0, 0.1) is 11.8 Å². The first-order valence-electron chi connectivity index (χ1n) is 9.92. The third kappa shape index (κ3) is 3.32. The molecule has 3 aromatic rings. The van der Waals surface area contributed by atoms with Gasteiger partial charge in [-0.15, -0.1) is 0 Å². The molecule has 2 fully saturated rings. The standard InChI is InChI=1S/C21H21N5O4/c27-20(28)17-6-9-26(23-17)21(29)24-12-14-10-16(11-15(14)13-24)30-19-5-2-1-4-18(19)25-8-3-7-22-25/h1-9,14-16H,10-13H2,(H,27,28)/t14-,15?,16+/m0/s1. The molecule has 0 radical (unpaired) electrons. The molecule has 2 aliphatic rings. The quantitative estimate of drug-likeness (QED) is 0.713. The Morgan fingerprint density at radius 3 is 2.47 bits per heavy atom. The Kier molecular flexibility index (Phi) is 4.50. The zero-order chi connectivity index (χ0) is 20.7. The van der Waals surface area contributed by atoms with Crippen molar-refractivity contribution in [3.8, 4) is 11.4 Å². The Balaban J connectivity index is 1.23. The number of nitrogens with zero attached hydrogens (tertiary/aromatic N) is 5. The lowest BCUT2D eigenvalue weighted by Crippen LogP contribution is -2.34. The van der Waals surface area contributed by atoms with Gasteiger partial charge in [0.1, 0.15) is 11.4 Å². The van der Waals surface area contributed by atoms with Gasteiger partial charge in [-0.3, -0.25) is 0 Å². The maximum absolute atomic E-state index is 12.7. The van der Waals surface area contributed by atoms with Crippen molar-refractivity contribution >= 4 is 12.0 Å². The fourth-order valence-electron chi connectivity index (χ4n) is 4.52. The van der Waals surface area contributed by atoms with Crippen LogP contribution in [0.4, 0.5) is 4.79 Å². The number of hydrogen-bond donors (Lipinski definition) is 1. The first-order chi connectivity index (χ1) is 14.6. The topological polar surface area (TPSA) is 102 Å². The fourth-order valence-corrected chi connectivity index (χ4v) is 4.52. The average Bonchev–Trinajstić information content (AvgIpc) is 3.50.